The van der Waals surface area contributed by atoms with Gasteiger partial charge in [-0.05, 0) is 69.6 Å². The molecule has 1 heterocycles. The van der Waals surface area contributed by atoms with Gasteiger partial charge in [-0.3, -0.25) is 0 Å². The van der Waals surface area contributed by atoms with Gasteiger partial charge < -0.3 is 0 Å². The number of aryl methyl sites for hydroxylation is 1. The molecule has 3 atom stereocenters. The van der Waals surface area contributed by atoms with Crippen molar-refractivity contribution < 1.29 is 0 Å². The molecule has 3 heteroatoms. The zero-order chi connectivity index (χ0) is 14.7. The van der Waals surface area contributed by atoms with Crippen LogP contribution in [0.25, 0.3) is 0 Å². The molecule has 0 radical (unpaired) electrons. The minimum Gasteiger partial charge on any atom is -0.244 e. The van der Waals surface area contributed by atoms with Crippen LogP contribution < -0.4 is 0 Å². The average Bonchev–Trinajstić information content (AvgIpc) is 2.80. The molecular formula is C17H29N3. The van der Waals surface area contributed by atoms with Crippen molar-refractivity contribution in [3.63, 3.8) is 0 Å². The molecule has 0 saturated heterocycles. The van der Waals surface area contributed by atoms with E-state index in [0.29, 0.717) is 5.41 Å². The Balaban J connectivity index is 1.82. The molecule has 0 spiro atoms. The lowest BCUT2D eigenvalue weighted by Crippen LogP contribution is -2.26. The van der Waals surface area contributed by atoms with Crippen LogP contribution in [0.1, 0.15) is 65.8 Å². The average molecular weight is 275 g/mol. The molecule has 3 nitrogen and oxygen atoms in total. The van der Waals surface area contributed by atoms with Crippen molar-refractivity contribution in [2.75, 3.05) is 0 Å². The second-order valence-corrected chi connectivity index (χ2v) is 8.86. The molecule has 0 N–H and O–H groups in total. The summed E-state index contributed by atoms with van der Waals surface area (Å²) in [5.41, 5.74) is 3.18. The van der Waals surface area contributed by atoms with Crippen molar-refractivity contribution >= 4 is 0 Å². The van der Waals surface area contributed by atoms with Crippen LogP contribution in [0.5, 0.6) is 0 Å². The third-order valence-electron chi connectivity index (χ3n) is 5.24. The van der Waals surface area contributed by atoms with E-state index in [4.69, 9.17) is 0 Å². The number of hydrogen-bond donors (Lipinski definition) is 0. The van der Waals surface area contributed by atoms with E-state index in [1.807, 2.05) is 0 Å². The van der Waals surface area contributed by atoms with E-state index in [2.05, 4.69) is 56.5 Å². The standard InChI is InChI=1S/C17H29N3/c1-16(2,3)15-11-7-9-13-14(10-8-12(11)15)20(19-18-13)17(4,5)6/h11-12,15H,7-10H2,1-6H3/t11-,12+,15?/m0/s1. The molecule has 1 unspecified atom stereocenters. The Labute approximate surface area is 123 Å². The highest BCUT2D eigenvalue weighted by Gasteiger charge is 2.54. The molecule has 20 heavy (non-hydrogen) atoms. The molecule has 0 aromatic carbocycles. The Bertz CT molecular complexity index is 501. The Hall–Kier alpha value is -0.860. The van der Waals surface area contributed by atoms with Gasteiger partial charge in [0.25, 0.3) is 0 Å². The number of nitrogens with zero attached hydrogens (tertiary/aromatic N) is 3. The maximum Gasteiger partial charge on any atom is 0.0859 e. The van der Waals surface area contributed by atoms with Gasteiger partial charge in [-0.2, -0.15) is 0 Å². The first-order valence-corrected chi connectivity index (χ1v) is 8.13. The minimum atomic E-state index is 0.0478. The molecular weight excluding hydrogens is 246 g/mol. The van der Waals surface area contributed by atoms with Crippen LogP contribution in [0.3, 0.4) is 0 Å². The normalized spacial score (nSPS) is 30.2. The van der Waals surface area contributed by atoms with Gasteiger partial charge in [0.15, 0.2) is 0 Å². The number of rotatable bonds is 0. The van der Waals surface area contributed by atoms with Gasteiger partial charge in [0.05, 0.1) is 16.9 Å². The Kier molecular flexibility index (Phi) is 3.04. The summed E-state index contributed by atoms with van der Waals surface area (Å²) in [5.74, 6) is 2.79. The van der Waals surface area contributed by atoms with Gasteiger partial charge >= 0.3 is 0 Å². The summed E-state index contributed by atoms with van der Waals surface area (Å²) in [6.45, 7) is 13.9. The summed E-state index contributed by atoms with van der Waals surface area (Å²) in [6.07, 6.45) is 4.91. The van der Waals surface area contributed by atoms with E-state index in [1.165, 1.54) is 24.2 Å². The highest BCUT2D eigenvalue weighted by atomic mass is 15.5. The molecule has 112 valence electrons. The quantitative estimate of drug-likeness (QED) is 0.720. The van der Waals surface area contributed by atoms with Crippen LogP contribution in [0.2, 0.25) is 0 Å². The second kappa shape index (κ2) is 4.32. The fourth-order valence-corrected chi connectivity index (χ4v) is 4.44. The maximum atomic E-state index is 4.48. The molecule has 1 aromatic heterocycles. The zero-order valence-electron chi connectivity index (χ0n) is 13.9. The zero-order valence-corrected chi connectivity index (χ0v) is 13.9. The summed E-state index contributed by atoms with van der Waals surface area (Å²) in [4.78, 5) is 0. The Morgan fingerprint density at radius 3 is 2.10 bits per heavy atom. The lowest BCUT2D eigenvalue weighted by atomic mass is 9.87. The third-order valence-corrected chi connectivity index (χ3v) is 5.24. The van der Waals surface area contributed by atoms with Crippen LogP contribution in [0.15, 0.2) is 0 Å². The van der Waals surface area contributed by atoms with Gasteiger partial charge in [0, 0.05) is 0 Å². The summed E-state index contributed by atoms with van der Waals surface area (Å²) >= 11 is 0. The third kappa shape index (κ3) is 2.29. The van der Waals surface area contributed by atoms with E-state index in [1.54, 1.807) is 0 Å². The number of hydrogen-bond acceptors (Lipinski definition) is 2. The SMILES string of the molecule is CC(C)(C)C1[C@H]2CCc3nnn(C(C)(C)C)c3CC[C@@H]12. The fourth-order valence-electron chi connectivity index (χ4n) is 4.44. The smallest absolute Gasteiger partial charge is 0.0859 e. The second-order valence-electron chi connectivity index (χ2n) is 8.86. The predicted octanol–water partition coefficient (Wildman–Crippen LogP) is 3.82. The van der Waals surface area contributed by atoms with Gasteiger partial charge in [-0.25, -0.2) is 4.68 Å². The summed E-state index contributed by atoms with van der Waals surface area (Å²) in [7, 11) is 0. The van der Waals surface area contributed by atoms with Gasteiger partial charge in [-0.15, -0.1) is 5.10 Å². The minimum absolute atomic E-state index is 0.0478. The molecule has 1 fully saturated rings. The van der Waals surface area contributed by atoms with Crippen LogP contribution in [-0.2, 0) is 18.4 Å². The van der Waals surface area contributed by atoms with Crippen molar-refractivity contribution in [3.8, 4) is 0 Å². The largest absolute Gasteiger partial charge is 0.244 e. The monoisotopic (exact) mass is 275 g/mol. The highest BCUT2D eigenvalue weighted by Crippen LogP contribution is 2.60. The van der Waals surface area contributed by atoms with Crippen molar-refractivity contribution in [2.24, 2.45) is 23.2 Å². The predicted molar refractivity (Wildman–Crippen MR) is 81.6 cm³/mol. The maximum absolute atomic E-state index is 4.48. The first-order valence-electron chi connectivity index (χ1n) is 8.13. The molecule has 1 aromatic rings. The lowest BCUT2D eigenvalue weighted by molar-refractivity contribution is 0.310. The van der Waals surface area contributed by atoms with Crippen LogP contribution in [0, 0.1) is 23.2 Å². The van der Waals surface area contributed by atoms with Crippen molar-refractivity contribution in [2.45, 2.75) is 72.8 Å². The van der Waals surface area contributed by atoms with Crippen LogP contribution in [0.4, 0.5) is 0 Å². The molecule has 3 rings (SSSR count). The molecule has 0 bridgehead atoms. The van der Waals surface area contributed by atoms with Crippen molar-refractivity contribution in [1.82, 2.24) is 15.0 Å². The van der Waals surface area contributed by atoms with Crippen molar-refractivity contribution in [1.29, 1.82) is 0 Å². The molecule has 2 aliphatic rings. The van der Waals surface area contributed by atoms with E-state index in [-0.39, 0.29) is 5.54 Å². The number of aromatic nitrogens is 3. The van der Waals surface area contributed by atoms with Crippen LogP contribution in [-0.4, -0.2) is 15.0 Å². The molecule has 0 aliphatic heterocycles. The van der Waals surface area contributed by atoms with Gasteiger partial charge in [-0.1, -0.05) is 26.0 Å². The first kappa shape index (κ1) is 14.1. The number of fused-ring (bicyclic) bond motifs is 2. The van der Waals surface area contributed by atoms with Gasteiger partial charge in [0.2, 0.25) is 0 Å². The summed E-state index contributed by atoms with van der Waals surface area (Å²) in [6, 6.07) is 0. The van der Waals surface area contributed by atoms with Crippen molar-refractivity contribution in [3.05, 3.63) is 11.4 Å². The summed E-state index contributed by atoms with van der Waals surface area (Å²) in [5, 5.41) is 8.90. The highest BCUT2D eigenvalue weighted by molar-refractivity contribution is 5.17. The van der Waals surface area contributed by atoms with E-state index < -0.39 is 0 Å². The summed E-state index contributed by atoms with van der Waals surface area (Å²) < 4.78 is 2.16. The topological polar surface area (TPSA) is 30.7 Å². The lowest BCUT2D eigenvalue weighted by Gasteiger charge is -2.22. The first-order chi connectivity index (χ1) is 9.19. The van der Waals surface area contributed by atoms with E-state index in [0.717, 1.165) is 30.6 Å². The van der Waals surface area contributed by atoms with Crippen LogP contribution >= 0.6 is 0 Å². The molecule has 1 saturated carbocycles. The van der Waals surface area contributed by atoms with E-state index >= 15 is 0 Å². The Morgan fingerprint density at radius 2 is 1.55 bits per heavy atom. The molecule has 2 aliphatic carbocycles. The van der Waals surface area contributed by atoms with E-state index in [9.17, 15) is 0 Å². The van der Waals surface area contributed by atoms with Gasteiger partial charge in [0.1, 0.15) is 0 Å². The molecule has 0 amide bonds. The fraction of sp³-hybridized carbons (Fsp3) is 0.882. The Morgan fingerprint density at radius 1 is 0.950 bits per heavy atom.